The average molecular weight is 244 g/mol. The van der Waals surface area contributed by atoms with Crippen molar-refractivity contribution in [1.29, 1.82) is 5.26 Å². The first kappa shape index (κ1) is 12.5. The average Bonchev–Trinajstić information content (AvgIpc) is 2.86. The molecular weight excluding hydrogens is 228 g/mol. The van der Waals surface area contributed by atoms with Crippen molar-refractivity contribution >= 4 is 5.91 Å². The first-order chi connectivity index (χ1) is 8.76. The standard InChI is InChI=1S/C13H16N4O/c1-15-13(18)12-5-3-7-17(12)9-10-4-2-6-16-11(10)8-14/h2,4,6,12H,3,5,7,9H2,1H3,(H,15,18). The Morgan fingerprint density at radius 2 is 2.56 bits per heavy atom. The molecule has 1 fully saturated rings. The van der Waals surface area contributed by atoms with Gasteiger partial charge in [-0.1, -0.05) is 6.07 Å². The quantitative estimate of drug-likeness (QED) is 0.848. The summed E-state index contributed by atoms with van der Waals surface area (Å²) >= 11 is 0. The number of hydrogen-bond acceptors (Lipinski definition) is 4. The van der Waals surface area contributed by atoms with Gasteiger partial charge in [-0.15, -0.1) is 0 Å². The van der Waals surface area contributed by atoms with Gasteiger partial charge in [0.1, 0.15) is 11.8 Å². The molecule has 2 heterocycles. The minimum absolute atomic E-state index is 0.0508. The van der Waals surface area contributed by atoms with Crippen LogP contribution >= 0.6 is 0 Å². The molecular formula is C13H16N4O. The van der Waals surface area contributed by atoms with E-state index in [0.29, 0.717) is 12.2 Å². The summed E-state index contributed by atoms with van der Waals surface area (Å²) in [5.41, 5.74) is 1.33. The molecule has 1 N–H and O–H groups in total. The molecule has 2 rings (SSSR count). The lowest BCUT2D eigenvalue weighted by molar-refractivity contribution is -0.125. The van der Waals surface area contributed by atoms with Crippen molar-refractivity contribution in [3.8, 4) is 6.07 Å². The number of likely N-dealkylation sites (tertiary alicyclic amines) is 1. The topological polar surface area (TPSA) is 69.0 Å². The summed E-state index contributed by atoms with van der Waals surface area (Å²) in [5.74, 6) is 0.0508. The maximum atomic E-state index is 11.7. The van der Waals surface area contributed by atoms with Crippen LogP contribution in [0.25, 0.3) is 0 Å². The maximum Gasteiger partial charge on any atom is 0.237 e. The number of hydrogen-bond donors (Lipinski definition) is 1. The van der Waals surface area contributed by atoms with Crippen LogP contribution in [0.5, 0.6) is 0 Å². The van der Waals surface area contributed by atoms with Crippen molar-refractivity contribution in [2.75, 3.05) is 13.6 Å². The van der Waals surface area contributed by atoms with E-state index in [0.717, 1.165) is 24.9 Å². The predicted molar refractivity (Wildman–Crippen MR) is 66.5 cm³/mol. The highest BCUT2D eigenvalue weighted by Gasteiger charge is 2.30. The van der Waals surface area contributed by atoms with Gasteiger partial charge in [-0.05, 0) is 25.5 Å². The van der Waals surface area contributed by atoms with E-state index in [1.165, 1.54) is 0 Å². The highest BCUT2D eigenvalue weighted by molar-refractivity contribution is 5.81. The molecule has 1 aliphatic rings. The first-order valence-electron chi connectivity index (χ1n) is 6.06. The number of likely N-dealkylation sites (N-methyl/N-ethyl adjacent to an activating group) is 1. The molecule has 94 valence electrons. The lowest BCUT2D eigenvalue weighted by Gasteiger charge is -2.23. The fraction of sp³-hybridized carbons (Fsp3) is 0.462. The molecule has 1 unspecified atom stereocenters. The van der Waals surface area contributed by atoms with E-state index in [9.17, 15) is 4.79 Å². The second-order valence-corrected chi connectivity index (χ2v) is 4.37. The number of carbonyl (C=O) groups excluding carboxylic acids is 1. The van der Waals surface area contributed by atoms with Gasteiger partial charge >= 0.3 is 0 Å². The Kier molecular flexibility index (Phi) is 3.90. The zero-order valence-corrected chi connectivity index (χ0v) is 10.4. The van der Waals surface area contributed by atoms with E-state index in [4.69, 9.17) is 5.26 Å². The third-order valence-corrected chi connectivity index (χ3v) is 3.28. The van der Waals surface area contributed by atoms with Crippen LogP contribution in [0.15, 0.2) is 18.3 Å². The summed E-state index contributed by atoms with van der Waals surface area (Å²) in [5, 5.41) is 11.7. The van der Waals surface area contributed by atoms with E-state index in [-0.39, 0.29) is 11.9 Å². The van der Waals surface area contributed by atoms with Crippen LogP contribution in [-0.2, 0) is 11.3 Å². The molecule has 0 saturated carbocycles. The molecule has 1 atom stereocenters. The SMILES string of the molecule is CNC(=O)C1CCCN1Cc1cccnc1C#N. The largest absolute Gasteiger partial charge is 0.358 e. The molecule has 5 heteroatoms. The molecule has 1 saturated heterocycles. The zero-order chi connectivity index (χ0) is 13.0. The van der Waals surface area contributed by atoms with E-state index in [1.807, 2.05) is 12.1 Å². The lowest BCUT2D eigenvalue weighted by atomic mass is 10.1. The van der Waals surface area contributed by atoms with Crippen molar-refractivity contribution in [2.24, 2.45) is 0 Å². The van der Waals surface area contributed by atoms with Crippen molar-refractivity contribution in [2.45, 2.75) is 25.4 Å². The van der Waals surface area contributed by atoms with Crippen LogP contribution in [-0.4, -0.2) is 35.4 Å². The summed E-state index contributed by atoms with van der Waals surface area (Å²) in [7, 11) is 1.66. The van der Waals surface area contributed by atoms with E-state index < -0.39 is 0 Å². The number of rotatable bonds is 3. The number of aromatic nitrogens is 1. The highest BCUT2D eigenvalue weighted by Crippen LogP contribution is 2.20. The van der Waals surface area contributed by atoms with Crippen LogP contribution < -0.4 is 5.32 Å². The number of nitrogens with zero attached hydrogens (tertiary/aromatic N) is 3. The zero-order valence-electron chi connectivity index (χ0n) is 10.4. The lowest BCUT2D eigenvalue weighted by Crippen LogP contribution is -2.41. The third-order valence-electron chi connectivity index (χ3n) is 3.28. The molecule has 1 aromatic rings. The number of nitrogens with one attached hydrogen (secondary N) is 1. The molecule has 0 radical (unpaired) electrons. The molecule has 0 bridgehead atoms. The molecule has 5 nitrogen and oxygen atoms in total. The van der Waals surface area contributed by atoms with Gasteiger partial charge in [-0.3, -0.25) is 9.69 Å². The van der Waals surface area contributed by atoms with E-state index in [2.05, 4.69) is 21.3 Å². The molecule has 0 aliphatic carbocycles. The number of carbonyl (C=O) groups is 1. The summed E-state index contributed by atoms with van der Waals surface area (Å²) in [6, 6.07) is 5.72. The summed E-state index contributed by atoms with van der Waals surface area (Å²) in [4.78, 5) is 17.9. The summed E-state index contributed by atoms with van der Waals surface area (Å²) in [6.07, 6.45) is 3.50. The number of amides is 1. The van der Waals surface area contributed by atoms with Crippen LogP contribution in [0.3, 0.4) is 0 Å². The molecule has 1 aromatic heterocycles. The fourth-order valence-corrected chi connectivity index (χ4v) is 2.36. The Bertz CT molecular complexity index is 480. The smallest absolute Gasteiger partial charge is 0.237 e. The molecule has 0 spiro atoms. The predicted octanol–water partition coefficient (Wildman–Crippen LogP) is 0.664. The van der Waals surface area contributed by atoms with Gasteiger partial charge < -0.3 is 5.32 Å². The first-order valence-corrected chi connectivity index (χ1v) is 6.06. The Labute approximate surface area is 106 Å². The van der Waals surface area contributed by atoms with Gasteiger partial charge in [0.2, 0.25) is 5.91 Å². The highest BCUT2D eigenvalue weighted by atomic mass is 16.2. The van der Waals surface area contributed by atoms with Crippen LogP contribution in [0.2, 0.25) is 0 Å². The van der Waals surface area contributed by atoms with Gasteiger partial charge in [0, 0.05) is 25.4 Å². The van der Waals surface area contributed by atoms with Crippen LogP contribution in [0.1, 0.15) is 24.1 Å². The van der Waals surface area contributed by atoms with Gasteiger partial charge in [-0.25, -0.2) is 4.98 Å². The Hall–Kier alpha value is -1.93. The Morgan fingerprint density at radius 3 is 3.28 bits per heavy atom. The normalized spacial score (nSPS) is 19.4. The molecule has 18 heavy (non-hydrogen) atoms. The summed E-state index contributed by atoms with van der Waals surface area (Å²) in [6.45, 7) is 1.49. The molecule has 1 amide bonds. The second kappa shape index (κ2) is 5.61. The van der Waals surface area contributed by atoms with Gasteiger partial charge in [0.15, 0.2) is 0 Å². The number of pyridine rings is 1. The van der Waals surface area contributed by atoms with E-state index in [1.54, 1.807) is 13.2 Å². The minimum atomic E-state index is -0.0817. The molecule has 0 aromatic carbocycles. The van der Waals surface area contributed by atoms with Crippen LogP contribution in [0.4, 0.5) is 0 Å². The second-order valence-electron chi connectivity index (χ2n) is 4.37. The Balaban J connectivity index is 2.13. The molecule has 1 aliphatic heterocycles. The van der Waals surface area contributed by atoms with E-state index >= 15 is 0 Å². The van der Waals surface area contributed by atoms with Gasteiger partial charge in [0.25, 0.3) is 0 Å². The van der Waals surface area contributed by atoms with Crippen molar-refractivity contribution in [1.82, 2.24) is 15.2 Å². The third kappa shape index (κ3) is 2.49. The van der Waals surface area contributed by atoms with Gasteiger partial charge in [0.05, 0.1) is 6.04 Å². The van der Waals surface area contributed by atoms with Crippen molar-refractivity contribution < 1.29 is 4.79 Å². The Morgan fingerprint density at radius 1 is 1.72 bits per heavy atom. The van der Waals surface area contributed by atoms with Crippen molar-refractivity contribution in [3.05, 3.63) is 29.6 Å². The van der Waals surface area contributed by atoms with Crippen molar-refractivity contribution in [3.63, 3.8) is 0 Å². The van der Waals surface area contributed by atoms with Gasteiger partial charge in [-0.2, -0.15) is 5.26 Å². The summed E-state index contributed by atoms with van der Waals surface area (Å²) < 4.78 is 0. The maximum absolute atomic E-state index is 11.7. The number of nitriles is 1. The minimum Gasteiger partial charge on any atom is -0.358 e. The van der Waals surface area contributed by atoms with Crippen LogP contribution in [0, 0.1) is 11.3 Å². The fourth-order valence-electron chi connectivity index (χ4n) is 2.36. The monoisotopic (exact) mass is 244 g/mol.